The molecule has 36 heavy (non-hydrogen) atoms. The first-order valence-electron chi connectivity index (χ1n) is 12.1. The summed E-state index contributed by atoms with van der Waals surface area (Å²) in [5.74, 6) is 0.129. The van der Waals surface area contributed by atoms with Gasteiger partial charge in [0.2, 0.25) is 22.9 Å². The fourth-order valence-corrected chi connectivity index (χ4v) is 8.45. The van der Waals surface area contributed by atoms with Crippen LogP contribution >= 0.6 is 30.2 Å². The van der Waals surface area contributed by atoms with E-state index in [0.717, 1.165) is 38.8 Å². The molecule has 5 aliphatic rings. The quantitative estimate of drug-likeness (QED) is 0.177. The van der Waals surface area contributed by atoms with Crippen LogP contribution in [0.4, 0.5) is 0 Å². The number of nitrogens with zero attached hydrogens (tertiary/aromatic N) is 2. The van der Waals surface area contributed by atoms with Crippen LogP contribution in [0.3, 0.4) is 0 Å². The highest BCUT2D eigenvalue weighted by atomic mass is 127. The van der Waals surface area contributed by atoms with Crippen LogP contribution in [0, 0.1) is 5.92 Å². The molecule has 1 N–H and O–H groups in total. The summed E-state index contributed by atoms with van der Waals surface area (Å²) < 4.78 is 26.1. The Balaban J connectivity index is 1.46. The zero-order chi connectivity index (χ0) is 25.6. The Kier molecular flexibility index (Phi) is 5.44. The van der Waals surface area contributed by atoms with Gasteiger partial charge in [0, 0.05) is 56.3 Å². The molecule has 2 unspecified atom stereocenters. The van der Waals surface area contributed by atoms with E-state index in [2.05, 4.69) is 36.0 Å². The fraction of sp³-hybridized carbons (Fsp3) is 0.462. The number of imide groups is 1. The van der Waals surface area contributed by atoms with Gasteiger partial charge in [0.05, 0.1) is 19.0 Å². The molecule has 3 heterocycles. The average Bonchev–Trinajstić information content (AvgIpc) is 3.31. The van der Waals surface area contributed by atoms with Crippen LogP contribution in [0.15, 0.2) is 36.4 Å². The lowest BCUT2D eigenvalue weighted by molar-refractivity contribution is -0.776. The Bertz CT molecular complexity index is 1310. The summed E-state index contributed by atoms with van der Waals surface area (Å²) in [6.07, 6.45) is 11.3. The zero-order valence-electron chi connectivity index (χ0n) is 20.4. The van der Waals surface area contributed by atoms with Gasteiger partial charge in [0.15, 0.2) is 18.9 Å². The number of phenols is 1. The van der Waals surface area contributed by atoms with Gasteiger partial charge in [-0.05, 0) is 17.2 Å². The number of halogens is 1. The largest absolute Gasteiger partial charge is 0.504 e. The fourth-order valence-electron chi connectivity index (χ4n) is 6.90. The van der Waals surface area contributed by atoms with Gasteiger partial charge in [-0.2, -0.15) is 0 Å². The third-order valence-electron chi connectivity index (χ3n) is 8.36. The molecule has 0 aromatic heterocycles. The van der Waals surface area contributed by atoms with E-state index in [0.29, 0.717) is 11.8 Å². The molecule has 0 radical (unpaired) electrons. The number of ether oxygens (including phenoxy) is 1. The number of benzene rings is 1. The number of piperidine rings is 1. The van der Waals surface area contributed by atoms with E-state index in [1.807, 2.05) is 12.2 Å². The molecular formula is C26H29IN2O6P+. The summed E-state index contributed by atoms with van der Waals surface area (Å²) in [6.45, 7) is 4.35. The maximum atomic E-state index is 12.6. The van der Waals surface area contributed by atoms with Crippen LogP contribution in [0.1, 0.15) is 23.1 Å². The van der Waals surface area contributed by atoms with Crippen molar-refractivity contribution in [3.63, 3.8) is 0 Å². The molecule has 6 atom stereocenters. The normalized spacial score (nSPS) is 36.1. The Labute approximate surface area is 224 Å². The molecule has 1 spiro atoms. The number of carbonyl (C=O) groups excluding carboxylic acids is 2. The first kappa shape index (κ1) is 24.4. The molecule has 1 aromatic rings. The van der Waals surface area contributed by atoms with Crippen molar-refractivity contribution in [2.45, 2.75) is 36.5 Å². The molecule has 6 rings (SSSR count). The lowest BCUT2D eigenvalue weighted by atomic mass is 9.53. The lowest BCUT2D eigenvalue weighted by Gasteiger charge is -2.57. The van der Waals surface area contributed by atoms with E-state index in [1.54, 1.807) is 25.5 Å². The number of hydrogen-bond acceptors (Lipinski definition) is 6. The Morgan fingerprint density at radius 1 is 1.31 bits per heavy atom. The van der Waals surface area contributed by atoms with Gasteiger partial charge in [-0.25, -0.2) is 0 Å². The molecule has 10 heteroatoms. The van der Waals surface area contributed by atoms with Crippen molar-refractivity contribution in [2.24, 2.45) is 5.92 Å². The van der Waals surface area contributed by atoms with Gasteiger partial charge in [-0.3, -0.25) is 21.8 Å². The molecule has 1 fully saturated rings. The number of quaternary nitrogens is 1. The van der Waals surface area contributed by atoms with Crippen LogP contribution < -0.4 is 4.74 Å². The number of likely N-dealkylation sites (N-methyl/N-ethyl adjacent to an activating group) is 1. The van der Waals surface area contributed by atoms with E-state index in [1.165, 1.54) is 17.1 Å². The van der Waals surface area contributed by atoms with Crippen LogP contribution in [0.2, 0.25) is 0 Å². The van der Waals surface area contributed by atoms with Crippen molar-refractivity contribution in [1.82, 2.24) is 4.90 Å². The minimum absolute atomic E-state index is 0.0663. The van der Waals surface area contributed by atoms with E-state index in [-0.39, 0.29) is 41.5 Å². The molecule has 1 saturated heterocycles. The monoisotopic (exact) mass is 623 g/mol. The van der Waals surface area contributed by atoms with Gasteiger partial charge < -0.3 is 14.4 Å². The Hall–Kier alpha value is -1.94. The summed E-state index contributed by atoms with van der Waals surface area (Å²) in [5.41, 5.74) is 2.66. The Morgan fingerprint density at radius 3 is 2.72 bits per heavy atom. The molecule has 3 aliphatic heterocycles. The van der Waals surface area contributed by atoms with Gasteiger partial charge in [-0.15, -0.1) is 0 Å². The van der Waals surface area contributed by atoms with E-state index in [4.69, 9.17) is 9.26 Å². The minimum atomic E-state index is -2.79. The topological polar surface area (TPSA) is 93.1 Å². The minimum Gasteiger partial charge on any atom is -0.504 e. The highest BCUT2D eigenvalue weighted by Gasteiger charge is 2.68. The smallest absolute Gasteiger partial charge is 0.253 e. The summed E-state index contributed by atoms with van der Waals surface area (Å²) in [5, 5.41) is 11.1. The molecule has 190 valence electrons. The van der Waals surface area contributed by atoms with Crippen molar-refractivity contribution in [2.75, 3.05) is 33.5 Å². The number of likely N-dealkylation sites (tertiary alicyclic amines) is 1. The highest BCUT2D eigenvalue weighted by molar-refractivity contribution is 14.1. The zero-order valence-corrected chi connectivity index (χ0v) is 23.4. The molecule has 1 aromatic carbocycles. The van der Waals surface area contributed by atoms with Crippen LogP contribution in [-0.2, 0) is 30.5 Å². The van der Waals surface area contributed by atoms with Crippen molar-refractivity contribution in [3.05, 3.63) is 53.1 Å². The van der Waals surface area contributed by atoms with Crippen molar-refractivity contribution in [1.29, 1.82) is 0 Å². The maximum absolute atomic E-state index is 12.6. The second kappa shape index (κ2) is 8.03. The van der Waals surface area contributed by atoms with Gasteiger partial charge >= 0.3 is 0 Å². The van der Waals surface area contributed by atoms with E-state index >= 15 is 0 Å². The number of aromatic hydroxyl groups is 1. The number of phenolic OH excluding ortho intramolecular Hbond substituents is 1. The number of amides is 2. The van der Waals surface area contributed by atoms with Crippen LogP contribution in [-0.4, -0.2) is 76.2 Å². The third kappa shape index (κ3) is 3.50. The molecular weight excluding hydrogens is 594 g/mol. The van der Waals surface area contributed by atoms with E-state index in [9.17, 15) is 19.3 Å². The van der Waals surface area contributed by atoms with Gasteiger partial charge in [0.25, 0.3) is 11.8 Å². The predicted molar refractivity (Wildman–Crippen MR) is 143 cm³/mol. The standard InChI is InChI=1S/C26H28IN2O6P/c1-29(27)12-10-26-17-6-7-20(35-36(2,3)33)25(26)34-24-19(30)13-15(16(23(24)26)14-18(17)29)5-4-11-28-21(31)8-9-22(28)32/h4-9,13,17-18,20,25H,10-12,14H2,1-3H3/p+1/b5-4+/t17?,18-,20+,25+,26+,29?/m1/s1. The maximum Gasteiger partial charge on any atom is 0.253 e. The van der Waals surface area contributed by atoms with Crippen molar-refractivity contribution >= 4 is 48.1 Å². The van der Waals surface area contributed by atoms with Gasteiger partial charge in [-0.1, -0.05) is 24.3 Å². The number of carbonyl (C=O) groups is 2. The van der Waals surface area contributed by atoms with Crippen molar-refractivity contribution < 1.29 is 31.2 Å². The highest BCUT2D eigenvalue weighted by Crippen LogP contribution is 2.65. The lowest BCUT2D eigenvalue weighted by Crippen LogP contribution is -2.68. The van der Waals surface area contributed by atoms with E-state index < -0.39 is 13.5 Å². The van der Waals surface area contributed by atoms with Crippen LogP contribution in [0.5, 0.6) is 11.5 Å². The first-order valence-corrected chi connectivity index (χ1v) is 15.6. The summed E-state index contributed by atoms with van der Waals surface area (Å²) in [6, 6.07) is 2.00. The predicted octanol–water partition coefficient (Wildman–Crippen LogP) is 3.56. The SMILES string of the molecule is C[N+]1(I)CC[C@]23c4c5c(/C=C/CN6C(=O)C=CC6=O)cc(O)c4O[C@H]2[C@@H](OP(C)(C)=O)C=CC3[C@H]1C5. The molecule has 2 amide bonds. The average molecular weight is 623 g/mol. The molecule has 8 nitrogen and oxygen atoms in total. The van der Waals surface area contributed by atoms with Crippen molar-refractivity contribution in [3.8, 4) is 11.5 Å². The van der Waals surface area contributed by atoms with Gasteiger partial charge in [0.1, 0.15) is 18.2 Å². The number of rotatable bonds is 5. The number of hydrogen-bond donors (Lipinski definition) is 1. The molecule has 2 aliphatic carbocycles. The second-order valence-corrected chi connectivity index (χ2v) is 15.8. The molecule has 0 saturated carbocycles. The third-order valence-corrected chi connectivity index (χ3v) is 10.3. The van der Waals surface area contributed by atoms with Crippen LogP contribution in [0.25, 0.3) is 6.08 Å². The summed E-state index contributed by atoms with van der Waals surface area (Å²) in [4.78, 5) is 25.1. The summed E-state index contributed by atoms with van der Waals surface area (Å²) >= 11 is 2.54. The molecule has 2 bridgehead atoms. The first-order chi connectivity index (χ1) is 16.9. The Morgan fingerprint density at radius 2 is 2.03 bits per heavy atom. The summed E-state index contributed by atoms with van der Waals surface area (Å²) in [7, 11) is -0.533. The second-order valence-electron chi connectivity index (χ2n) is 10.9.